The van der Waals surface area contributed by atoms with E-state index in [2.05, 4.69) is 38.2 Å². The maximum absolute atomic E-state index is 11.7. The number of unbranched alkanes of at least 4 members (excludes halogenated alkanes) is 1. The number of aryl methyl sites for hydroxylation is 1. The van der Waals surface area contributed by atoms with E-state index in [4.69, 9.17) is 0 Å². The summed E-state index contributed by atoms with van der Waals surface area (Å²) >= 11 is 3.32. The molecule has 1 aliphatic rings. The van der Waals surface area contributed by atoms with Crippen LogP contribution in [0.2, 0.25) is 0 Å². The largest absolute Gasteiger partial charge is 0.383 e. The van der Waals surface area contributed by atoms with Crippen molar-refractivity contribution < 1.29 is 0 Å². The van der Waals surface area contributed by atoms with Gasteiger partial charge in [-0.05, 0) is 67.2 Å². The van der Waals surface area contributed by atoms with Gasteiger partial charge in [-0.3, -0.25) is 4.79 Å². The highest BCUT2D eigenvalue weighted by atomic mass is 79.9. The van der Waals surface area contributed by atoms with Crippen molar-refractivity contribution in [1.29, 1.82) is 0 Å². The zero-order valence-electron chi connectivity index (χ0n) is 12.9. The molecule has 0 radical (unpaired) electrons. The van der Waals surface area contributed by atoms with E-state index in [1.807, 2.05) is 0 Å². The van der Waals surface area contributed by atoms with Gasteiger partial charge in [-0.15, -0.1) is 0 Å². The normalized spacial score (nSPS) is 17.1. The fraction of sp³-hybridized carbons (Fsp3) is 0.733. The summed E-state index contributed by atoms with van der Waals surface area (Å²) in [6.07, 6.45) is 6.66. The molecule has 0 spiro atoms. The van der Waals surface area contributed by atoms with Crippen molar-refractivity contribution in [1.82, 2.24) is 14.7 Å². The summed E-state index contributed by atoms with van der Waals surface area (Å²) in [5.74, 6) is 0.897. The first-order chi connectivity index (χ1) is 10.1. The van der Waals surface area contributed by atoms with Gasteiger partial charge in [0.25, 0.3) is 5.56 Å². The van der Waals surface area contributed by atoms with Crippen LogP contribution in [-0.2, 0) is 7.05 Å². The molecule has 118 valence electrons. The molecular weight excluding hydrogens is 332 g/mol. The number of rotatable bonds is 6. The summed E-state index contributed by atoms with van der Waals surface area (Å²) < 4.78 is 1.89. The van der Waals surface area contributed by atoms with E-state index in [0.717, 1.165) is 24.6 Å². The minimum absolute atomic E-state index is 0.109. The number of hydrogen-bond donors (Lipinski definition) is 1. The Hall–Kier alpha value is -0.880. The molecule has 0 amide bonds. The van der Waals surface area contributed by atoms with Crippen LogP contribution in [0.1, 0.15) is 32.6 Å². The molecule has 1 aliphatic heterocycles. The topological polar surface area (TPSA) is 50.2 Å². The molecular formula is C15H25BrN4O. The first-order valence-corrected chi connectivity index (χ1v) is 8.55. The van der Waals surface area contributed by atoms with Crippen LogP contribution in [0.5, 0.6) is 0 Å². The second-order valence-electron chi connectivity index (χ2n) is 5.96. The fourth-order valence-electron chi connectivity index (χ4n) is 2.60. The van der Waals surface area contributed by atoms with Crippen LogP contribution in [0.4, 0.5) is 5.69 Å². The maximum atomic E-state index is 11.7. The summed E-state index contributed by atoms with van der Waals surface area (Å²) in [6.45, 7) is 6.90. The van der Waals surface area contributed by atoms with Crippen molar-refractivity contribution in [3.63, 3.8) is 0 Å². The number of anilines is 1. The van der Waals surface area contributed by atoms with Crippen LogP contribution in [0, 0.1) is 5.92 Å². The summed E-state index contributed by atoms with van der Waals surface area (Å²) in [7, 11) is 1.65. The summed E-state index contributed by atoms with van der Waals surface area (Å²) in [4.78, 5) is 14.3. The van der Waals surface area contributed by atoms with Gasteiger partial charge in [0.15, 0.2) is 0 Å². The quantitative estimate of drug-likeness (QED) is 0.795. The molecule has 1 aromatic heterocycles. The van der Waals surface area contributed by atoms with Crippen LogP contribution in [0.15, 0.2) is 15.5 Å². The SMILES string of the molecule is CC1CCN(CCCCNc2cnn(C)c(=O)c2Br)CC1. The molecule has 2 rings (SSSR count). The fourth-order valence-corrected chi connectivity index (χ4v) is 3.10. The average molecular weight is 357 g/mol. The Kier molecular flexibility index (Phi) is 6.23. The van der Waals surface area contributed by atoms with Crippen molar-refractivity contribution >= 4 is 21.6 Å². The standard InChI is InChI=1S/C15H25BrN4O/c1-12-5-9-20(10-6-12)8-4-3-7-17-13-11-18-19(2)15(21)14(13)16/h11-12,17H,3-10H2,1-2H3. The summed E-state index contributed by atoms with van der Waals surface area (Å²) in [5, 5.41) is 7.31. The molecule has 6 heteroatoms. The molecule has 0 bridgehead atoms. The van der Waals surface area contributed by atoms with Crippen LogP contribution in [0.3, 0.4) is 0 Å². The van der Waals surface area contributed by atoms with Gasteiger partial charge in [0.1, 0.15) is 4.47 Å². The van der Waals surface area contributed by atoms with E-state index < -0.39 is 0 Å². The van der Waals surface area contributed by atoms with Gasteiger partial charge < -0.3 is 10.2 Å². The van der Waals surface area contributed by atoms with Crippen molar-refractivity contribution in [2.24, 2.45) is 13.0 Å². The highest BCUT2D eigenvalue weighted by Crippen LogP contribution is 2.17. The van der Waals surface area contributed by atoms with Crippen molar-refractivity contribution in [3.05, 3.63) is 21.0 Å². The highest BCUT2D eigenvalue weighted by Gasteiger charge is 2.14. The minimum atomic E-state index is -0.109. The molecule has 0 atom stereocenters. The smallest absolute Gasteiger partial charge is 0.282 e. The van der Waals surface area contributed by atoms with Gasteiger partial charge >= 0.3 is 0 Å². The predicted octanol–water partition coefficient (Wildman–Crippen LogP) is 2.47. The molecule has 0 aromatic carbocycles. The van der Waals surface area contributed by atoms with Crippen molar-refractivity contribution in [2.75, 3.05) is 31.5 Å². The molecule has 1 N–H and O–H groups in total. The van der Waals surface area contributed by atoms with Gasteiger partial charge in [0.05, 0.1) is 11.9 Å². The van der Waals surface area contributed by atoms with Gasteiger partial charge in [0, 0.05) is 13.6 Å². The highest BCUT2D eigenvalue weighted by molar-refractivity contribution is 9.10. The Morgan fingerprint density at radius 3 is 2.81 bits per heavy atom. The van der Waals surface area contributed by atoms with Crippen LogP contribution >= 0.6 is 15.9 Å². The molecule has 1 aromatic rings. The minimum Gasteiger partial charge on any atom is -0.383 e. The zero-order valence-corrected chi connectivity index (χ0v) is 14.5. The Labute approximate surface area is 134 Å². The van der Waals surface area contributed by atoms with E-state index in [9.17, 15) is 4.79 Å². The number of hydrogen-bond acceptors (Lipinski definition) is 4. The number of piperidine rings is 1. The van der Waals surface area contributed by atoms with Crippen LogP contribution in [-0.4, -0.2) is 40.9 Å². The monoisotopic (exact) mass is 356 g/mol. The number of halogens is 1. The average Bonchev–Trinajstić information content (AvgIpc) is 2.48. The molecule has 0 unspecified atom stereocenters. The number of likely N-dealkylation sites (tertiary alicyclic amines) is 1. The third-order valence-electron chi connectivity index (χ3n) is 4.17. The molecule has 21 heavy (non-hydrogen) atoms. The second kappa shape index (κ2) is 7.94. The lowest BCUT2D eigenvalue weighted by Gasteiger charge is -2.30. The lowest BCUT2D eigenvalue weighted by atomic mass is 9.99. The van der Waals surface area contributed by atoms with E-state index in [1.54, 1.807) is 13.2 Å². The van der Waals surface area contributed by atoms with Gasteiger partial charge in [0.2, 0.25) is 0 Å². The van der Waals surface area contributed by atoms with Crippen LogP contribution < -0.4 is 10.9 Å². The summed E-state index contributed by atoms with van der Waals surface area (Å²) in [5.41, 5.74) is 0.673. The van der Waals surface area contributed by atoms with Crippen LogP contribution in [0.25, 0.3) is 0 Å². The first kappa shape index (κ1) is 16.5. The molecule has 2 heterocycles. The third kappa shape index (κ3) is 4.81. The van der Waals surface area contributed by atoms with Gasteiger partial charge in [-0.1, -0.05) is 6.92 Å². The molecule has 1 saturated heterocycles. The zero-order chi connectivity index (χ0) is 15.2. The van der Waals surface area contributed by atoms with Crippen molar-refractivity contribution in [2.45, 2.75) is 32.6 Å². The Morgan fingerprint density at radius 1 is 1.38 bits per heavy atom. The molecule has 5 nitrogen and oxygen atoms in total. The van der Waals surface area contributed by atoms with E-state index in [1.165, 1.54) is 43.6 Å². The Bertz CT molecular complexity index is 509. The van der Waals surface area contributed by atoms with Gasteiger partial charge in [-0.25, -0.2) is 4.68 Å². The number of nitrogens with one attached hydrogen (secondary N) is 1. The molecule has 0 saturated carbocycles. The molecule has 0 aliphatic carbocycles. The number of aromatic nitrogens is 2. The molecule has 1 fully saturated rings. The van der Waals surface area contributed by atoms with E-state index in [-0.39, 0.29) is 5.56 Å². The Balaban J connectivity index is 1.66. The maximum Gasteiger partial charge on any atom is 0.282 e. The van der Waals surface area contributed by atoms with Gasteiger partial charge in [-0.2, -0.15) is 5.10 Å². The predicted molar refractivity (Wildman–Crippen MR) is 89.7 cm³/mol. The number of nitrogens with zero attached hydrogens (tertiary/aromatic N) is 3. The van der Waals surface area contributed by atoms with E-state index >= 15 is 0 Å². The third-order valence-corrected chi connectivity index (χ3v) is 4.94. The van der Waals surface area contributed by atoms with E-state index in [0.29, 0.717) is 4.47 Å². The summed E-state index contributed by atoms with van der Waals surface area (Å²) in [6, 6.07) is 0. The Morgan fingerprint density at radius 2 is 2.10 bits per heavy atom. The van der Waals surface area contributed by atoms with Crippen molar-refractivity contribution in [3.8, 4) is 0 Å². The lowest BCUT2D eigenvalue weighted by molar-refractivity contribution is 0.190. The first-order valence-electron chi connectivity index (χ1n) is 7.76. The lowest BCUT2D eigenvalue weighted by Crippen LogP contribution is -2.33. The second-order valence-corrected chi connectivity index (χ2v) is 6.75.